The van der Waals surface area contributed by atoms with E-state index in [0.29, 0.717) is 37.8 Å². The molecule has 148 valence electrons. The topological polar surface area (TPSA) is 76.5 Å². The largest absolute Gasteiger partial charge is 0.378 e. The van der Waals surface area contributed by atoms with Crippen molar-refractivity contribution < 1.29 is 14.3 Å². The van der Waals surface area contributed by atoms with Crippen LogP contribution >= 0.6 is 0 Å². The zero-order valence-electron chi connectivity index (χ0n) is 16.0. The lowest BCUT2D eigenvalue weighted by Gasteiger charge is -2.27. The zero-order chi connectivity index (χ0) is 18.6. The lowest BCUT2D eigenvalue weighted by atomic mass is 10.1. The number of ether oxygens (including phenoxy) is 1. The van der Waals surface area contributed by atoms with Crippen LogP contribution in [0.15, 0.2) is 0 Å². The van der Waals surface area contributed by atoms with Crippen molar-refractivity contribution in [3.8, 4) is 0 Å². The van der Waals surface area contributed by atoms with E-state index in [2.05, 4.69) is 10.3 Å². The first-order valence-electron chi connectivity index (χ1n) is 10.5. The Kier molecular flexibility index (Phi) is 5.76. The molecule has 1 aromatic heterocycles. The van der Waals surface area contributed by atoms with Crippen LogP contribution in [0.5, 0.6) is 0 Å². The number of imidazole rings is 1. The summed E-state index contributed by atoms with van der Waals surface area (Å²) in [4.78, 5) is 32.3. The lowest BCUT2D eigenvalue weighted by molar-refractivity contribution is 0.0291. The highest BCUT2D eigenvalue weighted by Crippen LogP contribution is 2.23. The van der Waals surface area contributed by atoms with Crippen LogP contribution in [-0.4, -0.2) is 58.6 Å². The molecule has 1 N–H and O–H groups in total. The number of nitrogens with one attached hydrogen (secondary N) is 1. The average molecular weight is 374 g/mol. The number of rotatable bonds is 3. The Bertz CT molecular complexity index is 686. The van der Waals surface area contributed by atoms with Crippen LogP contribution in [0.25, 0.3) is 0 Å². The predicted molar refractivity (Wildman–Crippen MR) is 101 cm³/mol. The molecule has 7 heteroatoms. The van der Waals surface area contributed by atoms with Gasteiger partial charge in [-0.15, -0.1) is 0 Å². The fraction of sp³-hybridized carbons (Fsp3) is 0.750. The number of hydrogen-bond acceptors (Lipinski definition) is 4. The number of carbonyl (C=O) groups is 2. The van der Waals surface area contributed by atoms with E-state index >= 15 is 0 Å². The number of morpholine rings is 1. The Morgan fingerprint density at radius 1 is 0.963 bits per heavy atom. The fourth-order valence-corrected chi connectivity index (χ4v) is 4.47. The van der Waals surface area contributed by atoms with Crippen LogP contribution in [0.2, 0.25) is 0 Å². The molecule has 4 rings (SSSR count). The molecule has 0 unspecified atom stereocenters. The highest BCUT2D eigenvalue weighted by atomic mass is 16.5. The Labute approximate surface area is 160 Å². The number of nitrogens with zero attached hydrogens (tertiary/aromatic N) is 3. The van der Waals surface area contributed by atoms with Crippen molar-refractivity contribution in [1.29, 1.82) is 0 Å². The standard InChI is InChI=1S/C20H30N4O3/c25-19(21-15-7-3-1-2-4-8-15)17-16-9-5-6-10-24(16)18(22-17)20(26)23-11-13-27-14-12-23/h15H,1-14H2,(H,21,25). The first-order valence-corrected chi connectivity index (χ1v) is 10.5. The summed E-state index contributed by atoms with van der Waals surface area (Å²) in [5.41, 5.74) is 1.40. The summed E-state index contributed by atoms with van der Waals surface area (Å²) in [6.07, 6.45) is 9.82. The molecular formula is C20H30N4O3. The third kappa shape index (κ3) is 4.03. The average Bonchev–Trinajstić information content (AvgIpc) is 2.91. The van der Waals surface area contributed by atoms with Crippen LogP contribution in [0.1, 0.15) is 78.2 Å². The van der Waals surface area contributed by atoms with Gasteiger partial charge in [0, 0.05) is 25.7 Å². The normalized spacial score (nSPS) is 21.4. The van der Waals surface area contributed by atoms with Crippen molar-refractivity contribution in [3.05, 3.63) is 17.2 Å². The van der Waals surface area contributed by atoms with Gasteiger partial charge in [-0.05, 0) is 32.1 Å². The maximum Gasteiger partial charge on any atom is 0.290 e. The minimum absolute atomic E-state index is 0.0741. The van der Waals surface area contributed by atoms with Gasteiger partial charge in [-0.25, -0.2) is 4.98 Å². The molecule has 2 aliphatic heterocycles. The number of fused-ring (bicyclic) bond motifs is 1. The molecule has 1 saturated heterocycles. The number of amides is 2. The minimum Gasteiger partial charge on any atom is -0.378 e. The van der Waals surface area contributed by atoms with Gasteiger partial charge >= 0.3 is 0 Å². The summed E-state index contributed by atoms with van der Waals surface area (Å²) in [6, 6.07) is 0.235. The van der Waals surface area contributed by atoms with Crippen LogP contribution in [-0.2, 0) is 17.7 Å². The van der Waals surface area contributed by atoms with Crippen LogP contribution in [0, 0.1) is 0 Å². The zero-order valence-corrected chi connectivity index (χ0v) is 16.0. The summed E-state index contributed by atoms with van der Waals surface area (Å²) >= 11 is 0. The molecule has 1 aliphatic carbocycles. The van der Waals surface area contributed by atoms with Crippen molar-refractivity contribution in [2.45, 2.75) is 70.4 Å². The highest BCUT2D eigenvalue weighted by Gasteiger charge is 2.31. The first-order chi connectivity index (χ1) is 13.2. The summed E-state index contributed by atoms with van der Waals surface area (Å²) < 4.78 is 7.34. The van der Waals surface area contributed by atoms with Gasteiger partial charge in [0.05, 0.1) is 18.9 Å². The number of aromatic nitrogens is 2. The summed E-state index contributed by atoms with van der Waals surface area (Å²) in [5, 5.41) is 3.20. The van der Waals surface area contributed by atoms with Crippen LogP contribution in [0.4, 0.5) is 0 Å². The monoisotopic (exact) mass is 374 g/mol. The molecule has 3 aliphatic rings. The molecule has 2 fully saturated rings. The van der Waals surface area contributed by atoms with Gasteiger partial charge in [-0.1, -0.05) is 25.7 Å². The van der Waals surface area contributed by atoms with Crippen molar-refractivity contribution in [1.82, 2.24) is 19.8 Å². The van der Waals surface area contributed by atoms with Crippen molar-refractivity contribution >= 4 is 11.8 Å². The molecule has 27 heavy (non-hydrogen) atoms. The van der Waals surface area contributed by atoms with Crippen molar-refractivity contribution in [3.63, 3.8) is 0 Å². The minimum atomic E-state index is -0.103. The Hall–Kier alpha value is -1.89. The molecule has 1 aromatic rings. The lowest BCUT2D eigenvalue weighted by Crippen LogP contribution is -2.42. The third-order valence-electron chi connectivity index (χ3n) is 6.01. The summed E-state index contributed by atoms with van der Waals surface area (Å²) in [7, 11) is 0. The molecule has 0 spiro atoms. The second-order valence-corrected chi connectivity index (χ2v) is 7.91. The molecule has 7 nitrogen and oxygen atoms in total. The van der Waals surface area contributed by atoms with E-state index in [1.807, 2.05) is 4.57 Å². The summed E-state index contributed by atoms with van der Waals surface area (Å²) in [6.45, 7) is 3.07. The maximum atomic E-state index is 13.0. The molecule has 0 atom stereocenters. The molecule has 1 saturated carbocycles. The molecule has 0 radical (unpaired) electrons. The Balaban J connectivity index is 1.56. The fourth-order valence-electron chi connectivity index (χ4n) is 4.47. The van der Waals surface area contributed by atoms with Crippen LogP contribution < -0.4 is 5.32 Å². The van der Waals surface area contributed by atoms with E-state index in [1.54, 1.807) is 4.90 Å². The molecule has 0 aromatic carbocycles. The molecular weight excluding hydrogens is 344 g/mol. The van der Waals surface area contributed by atoms with Gasteiger partial charge in [-0.2, -0.15) is 0 Å². The van der Waals surface area contributed by atoms with Gasteiger partial charge in [0.2, 0.25) is 0 Å². The Morgan fingerprint density at radius 3 is 2.44 bits per heavy atom. The third-order valence-corrected chi connectivity index (χ3v) is 6.01. The molecule has 0 bridgehead atoms. The van der Waals surface area contributed by atoms with Crippen molar-refractivity contribution in [2.24, 2.45) is 0 Å². The first kappa shape index (κ1) is 18.5. The van der Waals surface area contributed by atoms with Gasteiger partial charge in [-0.3, -0.25) is 9.59 Å². The van der Waals surface area contributed by atoms with Gasteiger partial charge in [0.25, 0.3) is 11.8 Å². The van der Waals surface area contributed by atoms with Gasteiger partial charge in [0.15, 0.2) is 5.82 Å². The van der Waals surface area contributed by atoms with Crippen LogP contribution in [0.3, 0.4) is 0 Å². The second-order valence-electron chi connectivity index (χ2n) is 7.91. The van der Waals surface area contributed by atoms with E-state index in [0.717, 1.165) is 44.3 Å². The van der Waals surface area contributed by atoms with E-state index in [4.69, 9.17) is 4.74 Å². The quantitative estimate of drug-likeness (QED) is 0.823. The second kappa shape index (κ2) is 8.42. The Morgan fingerprint density at radius 2 is 1.70 bits per heavy atom. The van der Waals surface area contributed by atoms with Gasteiger partial charge < -0.3 is 19.5 Å². The highest BCUT2D eigenvalue weighted by molar-refractivity contribution is 5.97. The molecule has 3 heterocycles. The van der Waals surface area contributed by atoms with E-state index in [1.165, 1.54) is 25.7 Å². The van der Waals surface area contributed by atoms with E-state index in [-0.39, 0.29) is 17.9 Å². The maximum absolute atomic E-state index is 13.0. The smallest absolute Gasteiger partial charge is 0.290 e. The predicted octanol–water partition coefficient (Wildman–Crippen LogP) is 2.14. The number of carbonyl (C=O) groups excluding carboxylic acids is 2. The van der Waals surface area contributed by atoms with E-state index < -0.39 is 0 Å². The molecule has 2 amide bonds. The van der Waals surface area contributed by atoms with Gasteiger partial charge in [0.1, 0.15) is 5.69 Å². The van der Waals surface area contributed by atoms with E-state index in [9.17, 15) is 9.59 Å². The van der Waals surface area contributed by atoms with Crippen molar-refractivity contribution in [2.75, 3.05) is 26.3 Å². The summed E-state index contributed by atoms with van der Waals surface area (Å²) in [5.74, 6) is 0.251. The number of hydrogen-bond donors (Lipinski definition) is 1. The SMILES string of the molecule is O=C(NC1CCCCCC1)c1nc(C(=O)N2CCOCC2)n2c1CCCC2.